The largest absolute Gasteiger partial charge is 0.469 e. The molecule has 0 aliphatic rings. The van der Waals surface area contributed by atoms with Crippen LogP contribution in [0.25, 0.3) is 0 Å². The molecule has 0 fully saturated rings. The quantitative estimate of drug-likeness (QED) is 0.484. The Balaban J connectivity index is 0. The summed E-state index contributed by atoms with van der Waals surface area (Å²) in [5.41, 5.74) is 0.433. The van der Waals surface area contributed by atoms with Gasteiger partial charge in [0.1, 0.15) is 0 Å². The second-order valence-electron chi connectivity index (χ2n) is 2.20. The van der Waals surface area contributed by atoms with Gasteiger partial charge in [0.05, 0.1) is 14.2 Å². The monoisotopic (exact) mass is 188 g/mol. The molecule has 0 saturated heterocycles. The smallest absolute Gasteiger partial charge is 0.332 e. The van der Waals surface area contributed by atoms with Crippen LogP contribution in [-0.2, 0) is 19.1 Å². The van der Waals surface area contributed by atoms with Crippen LogP contribution >= 0.6 is 0 Å². The van der Waals surface area contributed by atoms with Crippen molar-refractivity contribution in [1.82, 2.24) is 0 Å². The van der Waals surface area contributed by atoms with Crippen molar-refractivity contribution in [1.29, 1.82) is 0 Å². The summed E-state index contributed by atoms with van der Waals surface area (Å²) in [4.78, 5) is 20.1. The molecule has 0 rings (SSSR count). The molecule has 0 N–H and O–H groups in total. The zero-order valence-electron chi connectivity index (χ0n) is 8.55. The molecule has 0 unspecified atom stereocenters. The summed E-state index contributed by atoms with van der Waals surface area (Å²) < 4.78 is 8.53. The molecule has 13 heavy (non-hydrogen) atoms. The van der Waals surface area contributed by atoms with Gasteiger partial charge >= 0.3 is 11.9 Å². The van der Waals surface area contributed by atoms with Crippen LogP contribution < -0.4 is 0 Å². The van der Waals surface area contributed by atoms with Crippen molar-refractivity contribution in [3.63, 3.8) is 0 Å². The molecule has 0 spiro atoms. The number of hydrogen-bond donors (Lipinski definition) is 0. The molecule has 0 saturated carbocycles. The van der Waals surface area contributed by atoms with Crippen molar-refractivity contribution in [2.45, 2.75) is 20.3 Å². The van der Waals surface area contributed by atoms with Gasteiger partial charge in [-0.3, -0.25) is 4.79 Å². The minimum Gasteiger partial charge on any atom is -0.469 e. The molecule has 0 heterocycles. The van der Waals surface area contributed by atoms with Crippen molar-refractivity contribution >= 4 is 11.9 Å². The van der Waals surface area contributed by atoms with Crippen LogP contribution in [0.1, 0.15) is 20.3 Å². The van der Waals surface area contributed by atoms with Crippen LogP contribution in [0.15, 0.2) is 12.2 Å². The number of carbonyl (C=O) groups is 2. The highest BCUT2D eigenvalue weighted by atomic mass is 16.5. The molecular weight excluding hydrogens is 172 g/mol. The molecule has 0 atom stereocenters. The molecule has 0 aliphatic heterocycles. The van der Waals surface area contributed by atoms with Gasteiger partial charge in [0.25, 0.3) is 0 Å². The zero-order valence-corrected chi connectivity index (χ0v) is 8.55. The Kier molecular flexibility index (Phi) is 9.60. The van der Waals surface area contributed by atoms with Gasteiger partial charge in [-0.1, -0.05) is 13.5 Å². The Morgan fingerprint density at radius 3 is 1.69 bits per heavy atom. The van der Waals surface area contributed by atoms with Gasteiger partial charge in [-0.25, -0.2) is 4.79 Å². The highest BCUT2D eigenvalue weighted by Crippen LogP contribution is 1.87. The first-order chi connectivity index (χ1) is 5.99. The van der Waals surface area contributed by atoms with E-state index in [1.165, 1.54) is 14.2 Å². The number of hydrogen-bond acceptors (Lipinski definition) is 4. The van der Waals surface area contributed by atoms with Crippen molar-refractivity contribution in [3.05, 3.63) is 12.2 Å². The number of carbonyl (C=O) groups excluding carboxylic acids is 2. The van der Waals surface area contributed by atoms with Crippen molar-refractivity contribution < 1.29 is 19.1 Å². The van der Waals surface area contributed by atoms with E-state index < -0.39 is 0 Å². The average Bonchev–Trinajstić information content (AvgIpc) is 2.16. The maximum atomic E-state index is 10.2. The van der Waals surface area contributed by atoms with Gasteiger partial charge in [0, 0.05) is 12.0 Å². The summed E-state index contributed by atoms with van der Waals surface area (Å²) in [7, 11) is 2.71. The first kappa shape index (κ1) is 14.2. The fraction of sp³-hybridized carbons (Fsp3) is 0.556. The van der Waals surface area contributed by atoms with E-state index in [1.807, 2.05) is 0 Å². The zero-order chi connectivity index (χ0) is 10.9. The van der Waals surface area contributed by atoms with Gasteiger partial charge in [0.2, 0.25) is 0 Å². The summed E-state index contributed by atoms with van der Waals surface area (Å²) in [6.45, 7) is 6.71. The third kappa shape index (κ3) is 10.7. The molecule has 0 aliphatic carbocycles. The molecule has 0 aromatic rings. The first-order valence-electron chi connectivity index (χ1n) is 3.80. The molecule has 0 aromatic carbocycles. The summed E-state index contributed by atoms with van der Waals surface area (Å²) >= 11 is 0. The van der Waals surface area contributed by atoms with Crippen LogP contribution in [0, 0.1) is 0 Å². The summed E-state index contributed by atoms with van der Waals surface area (Å²) in [6, 6.07) is 0. The number of ether oxygens (including phenoxy) is 2. The molecule has 0 radical (unpaired) electrons. The van der Waals surface area contributed by atoms with Gasteiger partial charge in [0.15, 0.2) is 0 Å². The maximum absolute atomic E-state index is 10.2. The molecule has 0 aromatic heterocycles. The highest BCUT2D eigenvalue weighted by molar-refractivity contribution is 5.86. The molecule has 4 heteroatoms. The Hall–Kier alpha value is -1.32. The van der Waals surface area contributed by atoms with Crippen LogP contribution in [0.4, 0.5) is 0 Å². The lowest BCUT2D eigenvalue weighted by Crippen LogP contribution is -1.98. The van der Waals surface area contributed by atoms with Crippen molar-refractivity contribution in [2.75, 3.05) is 14.2 Å². The molecule has 4 nitrogen and oxygen atoms in total. The van der Waals surface area contributed by atoms with Crippen LogP contribution in [-0.4, -0.2) is 26.2 Å². The number of rotatable bonds is 2. The van der Waals surface area contributed by atoms with E-state index in [4.69, 9.17) is 0 Å². The van der Waals surface area contributed by atoms with E-state index in [2.05, 4.69) is 16.1 Å². The van der Waals surface area contributed by atoms with E-state index in [1.54, 1.807) is 13.8 Å². The van der Waals surface area contributed by atoms with E-state index in [-0.39, 0.29) is 11.9 Å². The minimum absolute atomic E-state index is 0.157. The lowest BCUT2D eigenvalue weighted by molar-refractivity contribution is -0.140. The Labute approximate surface area is 78.5 Å². The summed E-state index contributed by atoms with van der Waals surface area (Å²) in [5.74, 6) is -0.505. The lowest BCUT2D eigenvalue weighted by Gasteiger charge is -1.91. The second kappa shape index (κ2) is 8.77. The maximum Gasteiger partial charge on any atom is 0.332 e. The van der Waals surface area contributed by atoms with E-state index in [0.29, 0.717) is 12.0 Å². The predicted molar refractivity (Wildman–Crippen MR) is 49.1 cm³/mol. The second-order valence-corrected chi connectivity index (χ2v) is 2.20. The minimum atomic E-state index is -0.347. The molecular formula is C9H16O4. The third-order valence-electron chi connectivity index (χ3n) is 1.05. The van der Waals surface area contributed by atoms with Crippen molar-refractivity contribution in [2.24, 2.45) is 0 Å². The topological polar surface area (TPSA) is 52.6 Å². The third-order valence-corrected chi connectivity index (χ3v) is 1.05. The van der Waals surface area contributed by atoms with E-state index in [0.717, 1.165) is 0 Å². The Morgan fingerprint density at radius 1 is 1.23 bits per heavy atom. The molecule has 0 bridgehead atoms. The van der Waals surface area contributed by atoms with Crippen molar-refractivity contribution in [3.8, 4) is 0 Å². The average molecular weight is 188 g/mol. The fourth-order valence-electron chi connectivity index (χ4n) is 0.319. The van der Waals surface area contributed by atoms with Crippen LogP contribution in [0.2, 0.25) is 0 Å². The Morgan fingerprint density at radius 2 is 1.69 bits per heavy atom. The standard InChI is InChI=1S/C5H8O2.C4H8O2/c1-4(2)5(6)7-3;1-3-4(5)6-2/h1H2,2-3H3;3H2,1-2H3. The van der Waals surface area contributed by atoms with Crippen LogP contribution in [0.5, 0.6) is 0 Å². The SMILES string of the molecule is C=C(C)C(=O)OC.CCC(=O)OC. The summed E-state index contributed by atoms with van der Waals surface area (Å²) in [6.07, 6.45) is 0.469. The molecule has 76 valence electrons. The van der Waals surface area contributed by atoms with Gasteiger partial charge < -0.3 is 9.47 Å². The fourth-order valence-corrected chi connectivity index (χ4v) is 0.319. The Bertz CT molecular complexity index is 178. The lowest BCUT2D eigenvalue weighted by atomic mass is 10.4. The van der Waals surface area contributed by atoms with E-state index in [9.17, 15) is 9.59 Å². The normalized spacial score (nSPS) is 7.69. The number of esters is 2. The first-order valence-corrected chi connectivity index (χ1v) is 3.80. The van der Waals surface area contributed by atoms with Gasteiger partial charge in [-0.2, -0.15) is 0 Å². The number of methoxy groups -OCH3 is 2. The molecule has 0 amide bonds. The van der Waals surface area contributed by atoms with Gasteiger partial charge in [-0.05, 0) is 6.92 Å². The predicted octanol–water partition coefficient (Wildman–Crippen LogP) is 1.30. The van der Waals surface area contributed by atoms with E-state index >= 15 is 0 Å². The van der Waals surface area contributed by atoms with Gasteiger partial charge in [-0.15, -0.1) is 0 Å². The summed E-state index contributed by atoms with van der Waals surface area (Å²) in [5, 5.41) is 0. The highest BCUT2D eigenvalue weighted by Gasteiger charge is 1.95. The van der Waals surface area contributed by atoms with Crippen LogP contribution in [0.3, 0.4) is 0 Å².